The number of benzene rings is 2. The minimum atomic E-state index is -3.55. The summed E-state index contributed by atoms with van der Waals surface area (Å²) in [6, 6.07) is 13.1. The number of ether oxygens (including phenoxy) is 1. The van der Waals surface area contributed by atoms with Crippen LogP contribution in [0.1, 0.15) is 25.3 Å². The standard InChI is InChI=1S/C23H30ClN3O5S/c1-17(23(29)25-2)26(16-18-7-5-8-19(24)15-18)22(28)9-6-14-27(33(4,30)31)20-10-12-21(32-3)13-11-20/h5,7-8,10-13,15,17H,6,9,14,16H2,1-4H3,(H,25,29)/t17-/m1/s1. The molecule has 2 aromatic rings. The van der Waals surface area contributed by atoms with E-state index in [4.69, 9.17) is 16.3 Å². The first-order valence-electron chi connectivity index (χ1n) is 10.4. The van der Waals surface area contributed by atoms with Gasteiger partial charge in [-0.05, 0) is 55.3 Å². The second-order valence-corrected chi connectivity index (χ2v) is 9.92. The third kappa shape index (κ3) is 7.64. The molecular weight excluding hydrogens is 466 g/mol. The van der Waals surface area contributed by atoms with Gasteiger partial charge in [0.05, 0.1) is 19.1 Å². The number of amides is 2. The van der Waals surface area contributed by atoms with Crippen molar-refractivity contribution in [3.8, 4) is 5.75 Å². The maximum Gasteiger partial charge on any atom is 0.242 e. The Bertz CT molecular complexity index is 1060. The molecule has 0 aliphatic rings. The summed E-state index contributed by atoms with van der Waals surface area (Å²) in [5.41, 5.74) is 1.28. The fourth-order valence-electron chi connectivity index (χ4n) is 3.38. The summed E-state index contributed by atoms with van der Waals surface area (Å²) >= 11 is 6.06. The molecule has 0 aliphatic heterocycles. The van der Waals surface area contributed by atoms with Crippen LogP contribution in [0.15, 0.2) is 48.5 Å². The molecule has 0 radical (unpaired) electrons. The van der Waals surface area contributed by atoms with Crippen LogP contribution in [0.2, 0.25) is 5.02 Å². The first-order valence-corrected chi connectivity index (χ1v) is 12.7. The highest BCUT2D eigenvalue weighted by atomic mass is 35.5. The summed E-state index contributed by atoms with van der Waals surface area (Å²) in [7, 11) is -0.509. The zero-order valence-corrected chi connectivity index (χ0v) is 20.8. The lowest BCUT2D eigenvalue weighted by molar-refractivity contribution is -0.140. The normalized spacial score (nSPS) is 12.0. The number of carbonyl (C=O) groups is 2. The maximum atomic E-state index is 13.1. The molecule has 0 fully saturated rings. The topological polar surface area (TPSA) is 96.0 Å². The molecule has 1 atom stereocenters. The number of carbonyl (C=O) groups excluding carboxylic acids is 2. The van der Waals surface area contributed by atoms with Crippen molar-refractivity contribution in [3.05, 3.63) is 59.1 Å². The van der Waals surface area contributed by atoms with Crippen molar-refractivity contribution in [2.75, 3.05) is 31.3 Å². The molecule has 0 spiro atoms. The smallest absolute Gasteiger partial charge is 0.242 e. The average molecular weight is 496 g/mol. The van der Waals surface area contributed by atoms with Crippen LogP contribution in [0.4, 0.5) is 5.69 Å². The largest absolute Gasteiger partial charge is 0.497 e. The van der Waals surface area contributed by atoms with Crippen molar-refractivity contribution < 1.29 is 22.7 Å². The first-order chi connectivity index (χ1) is 15.6. The van der Waals surface area contributed by atoms with Crippen LogP contribution in [-0.4, -0.2) is 58.1 Å². The summed E-state index contributed by atoms with van der Waals surface area (Å²) in [6.07, 6.45) is 1.48. The van der Waals surface area contributed by atoms with Gasteiger partial charge in [0.25, 0.3) is 0 Å². The van der Waals surface area contributed by atoms with E-state index in [0.717, 1.165) is 11.8 Å². The van der Waals surface area contributed by atoms with Crippen LogP contribution in [0.25, 0.3) is 0 Å². The highest BCUT2D eigenvalue weighted by molar-refractivity contribution is 7.92. The van der Waals surface area contributed by atoms with E-state index >= 15 is 0 Å². The van der Waals surface area contributed by atoms with Gasteiger partial charge in [0.1, 0.15) is 11.8 Å². The van der Waals surface area contributed by atoms with Crippen LogP contribution in [0.5, 0.6) is 5.75 Å². The fourth-order valence-corrected chi connectivity index (χ4v) is 4.55. The quantitative estimate of drug-likeness (QED) is 0.517. The van der Waals surface area contributed by atoms with E-state index in [-0.39, 0.29) is 37.7 Å². The molecule has 1 N–H and O–H groups in total. The SMILES string of the molecule is CNC(=O)[C@@H](C)N(Cc1cccc(Cl)c1)C(=O)CCCN(c1ccc(OC)cc1)S(C)(=O)=O. The molecule has 2 rings (SSSR count). The average Bonchev–Trinajstić information content (AvgIpc) is 2.78. The van der Waals surface area contributed by atoms with E-state index in [1.54, 1.807) is 49.4 Å². The summed E-state index contributed by atoms with van der Waals surface area (Å²) < 4.78 is 31.1. The van der Waals surface area contributed by atoms with Crippen LogP contribution in [0.3, 0.4) is 0 Å². The molecular formula is C23H30ClN3O5S. The van der Waals surface area contributed by atoms with E-state index in [9.17, 15) is 18.0 Å². The van der Waals surface area contributed by atoms with E-state index < -0.39 is 16.1 Å². The highest BCUT2D eigenvalue weighted by Crippen LogP contribution is 2.22. The first kappa shape index (κ1) is 26.5. The lowest BCUT2D eigenvalue weighted by Gasteiger charge is -2.29. The van der Waals surface area contributed by atoms with Crippen LogP contribution in [-0.2, 0) is 26.2 Å². The Hall–Kier alpha value is -2.78. The molecule has 2 aromatic carbocycles. The fraction of sp³-hybridized carbons (Fsp3) is 0.391. The third-order valence-electron chi connectivity index (χ3n) is 5.17. The van der Waals surface area contributed by atoms with Gasteiger partial charge in [-0.2, -0.15) is 0 Å². The Balaban J connectivity index is 2.13. The maximum absolute atomic E-state index is 13.1. The number of anilines is 1. The Morgan fingerprint density at radius 2 is 1.82 bits per heavy atom. The van der Waals surface area contributed by atoms with Crippen molar-refractivity contribution in [1.29, 1.82) is 0 Å². The molecule has 0 saturated carbocycles. The molecule has 33 heavy (non-hydrogen) atoms. The predicted molar refractivity (Wildman–Crippen MR) is 130 cm³/mol. The Morgan fingerprint density at radius 3 is 2.36 bits per heavy atom. The summed E-state index contributed by atoms with van der Waals surface area (Å²) in [5, 5.41) is 3.10. The highest BCUT2D eigenvalue weighted by Gasteiger charge is 2.26. The van der Waals surface area contributed by atoms with Crippen molar-refractivity contribution in [2.45, 2.75) is 32.4 Å². The van der Waals surface area contributed by atoms with Crippen molar-refractivity contribution in [2.24, 2.45) is 0 Å². The molecule has 0 aromatic heterocycles. The van der Waals surface area contributed by atoms with E-state index in [0.29, 0.717) is 16.5 Å². The number of nitrogens with zero attached hydrogens (tertiary/aromatic N) is 2. The lowest BCUT2D eigenvalue weighted by Crippen LogP contribution is -2.46. The number of sulfonamides is 1. The van der Waals surface area contributed by atoms with Gasteiger partial charge in [-0.3, -0.25) is 13.9 Å². The van der Waals surface area contributed by atoms with Gasteiger partial charge in [-0.15, -0.1) is 0 Å². The number of hydrogen-bond donors (Lipinski definition) is 1. The number of likely N-dealkylation sites (N-methyl/N-ethyl adjacent to an activating group) is 1. The van der Waals surface area contributed by atoms with Crippen molar-refractivity contribution >= 4 is 39.1 Å². The Kier molecular flexibility index (Phi) is 9.55. The number of rotatable bonds is 11. The minimum Gasteiger partial charge on any atom is -0.497 e. The number of nitrogens with one attached hydrogen (secondary N) is 1. The van der Waals surface area contributed by atoms with Gasteiger partial charge in [0, 0.05) is 31.6 Å². The summed E-state index contributed by atoms with van der Waals surface area (Å²) in [4.78, 5) is 26.8. The molecule has 0 bridgehead atoms. The molecule has 0 heterocycles. The van der Waals surface area contributed by atoms with Gasteiger partial charge in [0.15, 0.2) is 0 Å². The van der Waals surface area contributed by atoms with E-state index in [1.165, 1.54) is 23.4 Å². The molecule has 0 unspecified atom stereocenters. The zero-order chi connectivity index (χ0) is 24.6. The predicted octanol–water partition coefficient (Wildman–Crippen LogP) is 3.06. The summed E-state index contributed by atoms with van der Waals surface area (Å²) in [5.74, 6) is 0.0675. The van der Waals surface area contributed by atoms with Gasteiger partial charge in [-0.1, -0.05) is 23.7 Å². The molecule has 0 aliphatic carbocycles. The zero-order valence-electron chi connectivity index (χ0n) is 19.2. The van der Waals surface area contributed by atoms with E-state index in [1.807, 2.05) is 6.07 Å². The second kappa shape index (κ2) is 11.9. The molecule has 2 amide bonds. The van der Waals surface area contributed by atoms with E-state index in [2.05, 4.69) is 5.32 Å². The van der Waals surface area contributed by atoms with Gasteiger partial charge >= 0.3 is 0 Å². The number of hydrogen-bond acceptors (Lipinski definition) is 5. The lowest BCUT2D eigenvalue weighted by atomic mass is 10.1. The minimum absolute atomic E-state index is 0.0735. The Labute approximate surface area is 200 Å². The van der Waals surface area contributed by atoms with Gasteiger partial charge < -0.3 is 15.0 Å². The van der Waals surface area contributed by atoms with Gasteiger partial charge in [0.2, 0.25) is 21.8 Å². The molecule has 180 valence electrons. The third-order valence-corrected chi connectivity index (χ3v) is 6.60. The number of halogens is 1. The molecule has 10 heteroatoms. The van der Waals surface area contributed by atoms with Gasteiger partial charge in [-0.25, -0.2) is 8.42 Å². The molecule has 8 nitrogen and oxygen atoms in total. The monoisotopic (exact) mass is 495 g/mol. The summed E-state index contributed by atoms with van der Waals surface area (Å²) in [6.45, 7) is 1.99. The number of methoxy groups -OCH3 is 1. The van der Waals surface area contributed by atoms with Crippen LogP contribution >= 0.6 is 11.6 Å². The van der Waals surface area contributed by atoms with Crippen molar-refractivity contribution in [1.82, 2.24) is 10.2 Å². The molecule has 0 saturated heterocycles. The Morgan fingerprint density at radius 1 is 1.15 bits per heavy atom. The van der Waals surface area contributed by atoms with Crippen molar-refractivity contribution in [3.63, 3.8) is 0 Å². The van der Waals surface area contributed by atoms with Crippen LogP contribution in [0, 0.1) is 0 Å². The van der Waals surface area contributed by atoms with Crippen LogP contribution < -0.4 is 14.4 Å². The second-order valence-electron chi connectivity index (χ2n) is 7.58.